The van der Waals surface area contributed by atoms with Crippen molar-refractivity contribution in [2.24, 2.45) is 0 Å². The molecule has 0 saturated carbocycles. The van der Waals surface area contributed by atoms with Gasteiger partial charge in [-0.25, -0.2) is 4.68 Å². The summed E-state index contributed by atoms with van der Waals surface area (Å²) in [6, 6.07) is 9.33. The van der Waals surface area contributed by atoms with E-state index in [1.165, 1.54) is 4.68 Å². The zero-order chi connectivity index (χ0) is 13.9. The van der Waals surface area contributed by atoms with Gasteiger partial charge in [0.15, 0.2) is 0 Å². The molecule has 20 heavy (non-hydrogen) atoms. The second kappa shape index (κ2) is 5.36. The summed E-state index contributed by atoms with van der Waals surface area (Å²) < 4.78 is 6.71. The lowest BCUT2D eigenvalue weighted by atomic mass is 10.1. The molecule has 0 unspecified atom stereocenters. The van der Waals surface area contributed by atoms with E-state index in [0.29, 0.717) is 6.54 Å². The van der Waals surface area contributed by atoms with Gasteiger partial charge in [-0.05, 0) is 30.5 Å². The number of hydrogen-bond donors (Lipinski definition) is 1. The molecule has 0 radical (unpaired) electrons. The molecule has 0 bridgehead atoms. The molecule has 0 amide bonds. The normalized spacial score (nSPS) is 13.4. The number of nitrogens with zero attached hydrogens (tertiary/aromatic N) is 2. The summed E-state index contributed by atoms with van der Waals surface area (Å²) in [5.41, 5.74) is 2.77. The van der Waals surface area contributed by atoms with E-state index in [0.717, 1.165) is 42.1 Å². The first kappa shape index (κ1) is 12.7. The first-order chi connectivity index (χ1) is 9.76. The standard InChI is InChI=1S/C15H17N3O2/c1-20-12-5-2-4-11(8-12)10-18-15(19)9-14-13(17-18)6-3-7-16-14/h2,4-5,8-9,16H,3,6-7,10H2,1H3. The summed E-state index contributed by atoms with van der Waals surface area (Å²) in [4.78, 5) is 12.1. The number of benzene rings is 1. The third-order valence-corrected chi connectivity index (χ3v) is 3.45. The van der Waals surface area contributed by atoms with Gasteiger partial charge in [0, 0.05) is 12.6 Å². The summed E-state index contributed by atoms with van der Waals surface area (Å²) in [6.45, 7) is 1.37. The molecule has 0 atom stereocenters. The van der Waals surface area contributed by atoms with Crippen LogP contribution in [0.4, 0.5) is 5.69 Å². The van der Waals surface area contributed by atoms with Crippen molar-refractivity contribution in [3.05, 3.63) is 51.9 Å². The van der Waals surface area contributed by atoms with E-state index < -0.39 is 0 Å². The van der Waals surface area contributed by atoms with Gasteiger partial charge in [0.05, 0.1) is 25.0 Å². The molecule has 0 fully saturated rings. The summed E-state index contributed by atoms with van der Waals surface area (Å²) in [7, 11) is 1.63. The third kappa shape index (κ3) is 2.52. The smallest absolute Gasteiger partial charge is 0.269 e. The molecule has 5 heteroatoms. The summed E-state index contributed by atoms with van der Waals surface area (Å²) in [6.07, 6.45) is 1.97. The van der Waals surface area contributed by atoms with Gasteiger partial charge < -0.3 is 10.1 Å². The van der Waals surface area contributed by atoms with Crippen molar-refractivity contribution in [2.45, 2.75) is 19.4 Å². The van der Waals surface area contributed by atoms with Crippen molar-refractivity contribution in [1.29, 1.82) is 0 Å². The molecule has 0 spiro atoms. The van der Waals surface area contributed by atoms with E-state index in [1.54, 1.807) is 13.2 Å². The number of rotatable bonds is 3. The molecule has 104 valence electrons. The van der Waals surface area contributed by atoms with Crippen LogP contribution in [0.15, 0.2) is 35.1 Å². The zero-order valence-corrected chi connectivity index (χ0v) is 11.4. The van der Waals surface area contributed by atoms with Crippen LogP contribution in [-0.2, 0) is 13.0 Å². The van der Waals surface area contributed by atoms with Gasteiger partial charge in [-0.1, -0.05) is 12.1 Å². The molecule has 0 aliphatic carbocycles. The first-order valence-corrected chi connectivity index (χ1v) is 6.74. The topological polar surface area (TPSA) is 56.2 Å². The number of anilines is 1. The summed E-state index contributed by atoms with van der Waals surface area (Å²) in [5.74, 6) is 0.787. The Balaban J connectivity index is 1.92. The molecule has 1 N–H and O–H groups in total. The van der Waals surface area contributed by atoms with Gasteiger partial charge in [0.2, 0.25) is 0 Å². The summed E-state index contributed by atoms with van der Waals surface area (Å²) in [5, 5.41) is 7.68. The van der Waals surface area contributed by atoms with Gasteiger partial charge in [0.1, 0.15) is 5.75 Å². The van der Waals surface area contributed by atoms with Gasteiger partial charge in [-0.2, -0.15) is 5.10 Å². The van der Waals surface area contributed by atoms with E-state index in [1.807, 2.05) is 24.3 Å². The molecular weight excluding hydrogens is 254 g/mol. The quantitative estimate of drug-likeness (QED) is 0.922. The third-order valence-electron chi connectivity index (χ3n) is 3.45. The van der Waals surface area contributed by atoms with Gasteiger partial charge >= 0.3 is 0 Å². The molecule has 1 aliphatic rings. The molecule has 1 aromatic heterocycles. The Morgan fingerprint density at radius 2 is 2.30 bits per heavy atom. The average molecular weight is 271 g/mol. The van der Waals surface area contributed by atoms with Crippen LogP contribution in [0.3, 0.4) is 0 Å². The van der Waals surface area contributed by atoms with E-state index in [2.05, 4.69) is 10.4 Å². The minimum atomic E-state index is -0.0824. The molecule has 3 rings (SSSR count). The maximum Gasteiger partial charge on any atom is 0.269 e. The zero-order valence-electron chi connectivity index (χ0n) is 11.4. The second-order valence-electron chi connectivity index (χ2n) is 4.88. The van der Waals surface area contributed by atoms with Crippen molar-refractivity contribution < 1.29 is 4.74 Å². The van der Waals surface area contributed by atoms with Crippen molar-refractivity contribution >= 4 is 5.69 Å². The SMILES string of the molecule is COc1cccc(Cn2nc3c(cc2=O)NCCC3)c1. The van der Waals surface area contributed by atoms with Crippen LogP contribution in [0, 0.1) is 0 Å². The van der Waals surface area contributed by atoms with Crippen LogP contribution in [-0.4, -0.2) is 23.4 Å². The van der Waals surface area contributed by atoms with Crippen LogP contribution in [0.5, 0.6) is 5.75 Å². The van der Waals surface area contributed by atoms with Crippen LogP contribution in [0.1, 0.15) is 17.7 Å². The largest absolute Gasteiger partial charge is 0.497 e. The molecule has 1 aliphatic heterocycles. The van der Waals surface area contributed by atoms with Crippen LogP contribution >= 0.6 is 0 Å². The van der Waals surface area contributed by atoms with Crippen molar-refractivity contribution in [2.75, 3.05) is 19.0 Å². The number of methoxy groups -OCH3 is 1. The molecule has 1 aromatic carbocycles. The molecule has 5 nitrogen and oxygen atoms in total. The molecular formula is C15H17N3O2. The lowest BCUT2D eigenvalue weighted by Gasteiger charge is -2.17. The monoisotopic (exact) mass is 271 g/mol. The Kier molecular flexibility index (Phi) is 3.41. The highest BCUT2D eigenvalue weighted by Gasteiger charge is 2.12. The van der Waals surface area contributed by atoms with Gasteiger partial charge in [-0.15, -0.1) is 0 Å². The number of nitrogens with one attached hydrogen (secondary N) is 1. The van der Waals surface area contributed by atoms with E-state index >= 15 is 0 Å². The number of fused-ring (bicyclic) bond motifs is 1. The highest BCUT2D eigenvalue weighted by Crippen LogP contribution is 2.17. The maximum absolute atomic E-state index is 12.1. The highest BCUT2D eigenvalue weighted by molar-refractivity contribution is 5.48. The Labute approximate surface area is 117 Å². The highest BCUT2D eigenvalue weighted by atomic mass is 16.5. The fraction of sp³-hybridized carbons (Fsp3) is 0.333. The Hall–Kier alpha value is -2.30. The number of hydrogen-bond acceptors (Lipinski definition) is 4. The van der Waals surface area contributed by atoms with Crippen LogP contribution < -0.4 is 15.6 Å². The lowest BCUT2D eigenvalue weighted by molar-refractivity contribution is 0.414. The Bertz CT molecular complexity index is 679. The van der Waals surface area contributed by atoms with Crippen LogP contribution in [0.2, 0.25) is 0 Å². The van der Waals surface area contributed by atoms with Crippen molar-refractivity contribution in [3.63, 3.8) is 0 Å². The molecule has 2 heterocycles. The predicted molar refractivity (Wildman–Crippen MR) is 77.4 cm³/mol. The fourth-order valence-corrected chi connectivity index (χ4v) is 2.40. The molecule has 0 saturated heterocycles. The summed E-state index contributed by atoms with van der Waals surface area (Å²) >= 11 is 0. The maximum atomic E-state index is 12.1. The van der Waals surface area contributed by atoms with Crippen molar-refractivity contribution in [1.82, 2.24) is 9.78 Å². The predicted octanol–water partition coefficient (Wildman–Crippen LogP) is 1.66. The number of ether oxygens (including phenoxy) is 1. The Morgan fingerprint density at radius 1 is 1.40 bits per heavy atom. The fourth-order valence-electron chi connectivity index (χ4n) is 2.40. The van der Waals surface area contributed by atoms with Crippen LogP contribution in [0.25, 0.3) is 0 Å². The molecule has 2 aromatic rings. The Morgan fingerprint density at radius 3 is 3.15 bits per heavy atom. The second-order valence-corrected chi connectivity index (χ2v) is 4.88. The van der Waals surface area contributed by atoms with E-state index in [-0.39, 0.29) is 5.56 Å². The van der Waals surface area contributed by atoms with E-state index in [4.69, 9.17) is 4.74 Å². The van der Waals surface area contributed by atoms with Gasteiger partial charge in [0.25, 0.3) is 5.56 Å². The van der Waals surface area contributed by atoms with Gasteiger partial charge in [-0.3, -0.25) is 4.79 Å². The average Bonchev–Trinajstić information content (AvgIpc) is 2.48. The van der Waals surface area contributed by atoms with Crippen molar-refractivity contribution in [3.8, 4) is 5.75 Å². The number of aryl methyl sites for hydroxylation is 1. The van der Waals surface area contributed by atoms with E-state index in [9.17, 15) is 4.79 Å². The first-order valence-electron chi connectivity index (χ1n) is 6.74. The number of aromatic nitrogens is 2. The minimum Gasteiger partial charge on any atom is -0.497 e. The lowest BCUT2D eigenvalue weighted by Crippen LogP contribution is -2.27. The minimum absolute atomic E-state index is 0.0824.